The normalized spacial score (nSPS) is 11.4. The van der Waals surface area contributed by atoms with E-state index >= 15 is 0 Å². The predicted octanol–water partition coefficient (Wildman–Crippen LogP) is 2.27. The zero-order valence-corrected chi connectivity index (χ0v) is 10.2. The Bertz CT molecular complexity index is 624. The second-order valence-corrected chi connectivity index (χ2v) is 5.74. The largest absolute Gasteiger partial charge is 0.399 e. The molecule has 4 nitrogen and oxygen atoms in total. The standard InChI is InChI=1S/C10H9FN2O2S2/c11-9-2-1-7(12)5-10(9)17(14,15)13-8-3-4-16-6-8/h1-6,13H,12H2. The average molecular weight is 272 g/mol. The van der Waals surface area contributed by atoms with Crippen molar-refractivity contribution in [3.05, 3.63) is 40.8 Å². The van der Waals surface area contributed by atoms with Crippen molar-refractivity contribution in [2.45, 2.75) is 4.90 Å². The SMILES string of the molecule is Nc1ccc(F)c(S(=O)(=O)Nc2ccsc2)c1. The smallest absolute Gasteiger partial charge is 0.264 e. The fourth-order valence-corrected chi connectivity index (χ4v) is 3.08. The van der Waals surface area contributed by atoms with E-state index in [2.05, 4.69) is 4.72 Å². The third-order valence-electron chi connectivity index (χ3n) is 2.02. The maximum atomic E-state index is 13.4. The summed E-state index contributed by atoms with van der Waals surface area (Å²) in [5.41, 5.74) is 6.03. The van der Waals surface area contributed by atoms with Crippen LogP contribution in [0.4, 0.5) is 15.8 Å². The van der Waals surface area contributed by atoms with E-state index < -0.39 is 20.7 Å². The highest BCUT2D eigenvalue weighted by Gasteiger charge is 2.19. The molecule has 0 aliphatic rings. The van der Waals surface area contributed by atoms with E-state index in [4.69, 9.17) is 5.73 Å². The number of nitrogen functional groups attached to an aromatic ring is 1. The highest BCUT2D eigenvalue weighted by atomic mass is 32.2. The molecule has 0 atom stereocenters. The molecule has 2 aromatic rings. The zero-order chi connectivity index (χ0) is 12.5. The number of nitrogens with one attached hydrogen (secondary N) is 1. The van der Waals surface area contributed by atoms with Gasteiger partial charge < -0.3 is 5.73 Å². The Morgan fingerprint density at radius 1 is 1.29 bits per heavy atom. The van der Waals surface area contributed by atoms with Crippen molar-refractivity contribution in [1.29, 1.82) is 0 Å². The van der Waals surface area contributed by atoms with E-state index in [9.17, 15) is 12.8 Å². The van der Waals surface area contributed by atoms with E-state index in [1.807, 2.05) is 0 Å². The molecule has 0 fully saturated rings. The minimum Gasteiger partial charge on any atom is -0.399 e. The van der Waals surface area contributed by atoms with Gasteiger partial charge in [-0.15, -0.1) is 0 Å². The van der Waals surface area contributed by atoms with Gasteiger partial charge in [-0.25, -0.2) is 12.8 Å². The van der Waals surface area contributed by atoms with Crippen LogP contribution in [0.3, 0.4) is 0 Å². The van der Waals surface area contributed by atoms with E-state index in [0.29, 0.717) is 5.69 Å². The number of hydrogen-bond acceptors (Lipinski definition) is 4. The second kappa shape index (κ2) is 4.34. The molecule has 0 aliphatic carbocycles. The van der Waals surface area contributed by atoms with Crippen LogP contribution in [0.25, 0.3) is 0 Å². The number of sulfonamides is 1. The summed E-state index contributed by atoms with van der Waals surface area (Å²) in [6, 6.07) is 5.01. The average Bonchev–Trinajstić information content (AvgIpc) is 2.73. The first kappa shape index (κ1) is 11.9. The van der Waals surface area contributed by atoms with Gasteiger partial charge in [-0.2, -0.15) is 11.3 Å². The second-order valence-electron chi connectivity index (χ2n) is 3.31. The summed E-state index contributed by atoms with van der Waals surface area (Å²) < 4.78 is 39.4. The highest BCUT2D eigenvalue weighted by Crippen LogP contribution is 2.22. The van der Waals surface area contributed by atoms with Crippen LogP contribution in [0, 0.1) is 5.82 Å². The number of anilines is 2. The summed E-state index contributed by atoms with van der Waals surface area (Å²) >= 11 is 1.34. The van der Waals surface area contributed by atoms with Crippen LogP contribution >= 0.6 is 11.3 Å². The Kier molecular flexibility index (Phi) is 3.03. The van der Waals surface area contributed by atoms with Crippen LogP contribution < -0.4 is 10.5 Å². The first-order chi connectivity index (χ1) is 7.99. The Morgan fingerprint density at radius 2 is 2.06 bits per heavy atom. The Morgan fingerprint density at radius 3 is 2.71 bits per heavy atom. The molecule has 0 bridgehead atoms. The maximum Gasteiger partial charge on any atom is 0.264 e. The van der Waals surface area contributed by atoms with Crippen molar-refractivity contribution >= 4 is 32.7 Å². The minimum atomic E-state index is -3.93. The molecule has 0 radical (unpaired) electrons. The van der Waals surface area contributed by atoms with Crippen molar-refractivity contribution in [2.75, 3.05) is 10.5 Å². The molecular formula is C10H9FN2O2S2. The lowest BCUT2D eigenvalue weighted by atomic mass is 10.3. The van der Waals surface area contributed by atoms with Gasteiger partial charge in [-0.1, -0.05) is 0 Å². The maximum absolute atomic E-state index is 13.4. The van der Waals surface area contributed by atoms with Crippen molar-refractivity contribution in [3.63, 3.8) is 0 Å². The van der Waals surface area contributed by atoms with Gasteiger partial charge in [0.15, 0.2) is 0 Å². The van der Waals surface area contributed by atoms with Crippen molar-refractivity contribution < 1.29 is 12.8 Å². The molecule has 0 unspecified atom stereocenters. The molecule has 2 rings (SSSR count). The number of nitrogens with two attached hydrogens (primary N) is 1. The number of rotatable bonds is 3. The molecule has 0 spiro atoms. The van der Waals surface area contributed by atoms with E-state index in [1.165, 1.54) is 17.4 Å². The summed E-state index contributed by atoms with van der Waals surface area (Å²) in [6.45, 7) is 0. The molecule has 17 heavy (non-hydrogen) atoms. The van der Waals surface area contributed by atoms with Gasteiger partial charge >= 0.3 is 0 Å². The molecule has 1 aromatic carbocycles. The fraction of sp³-hybridized carbons (Fsp3) is 0. The van der Waals surface area contributed by atoms with Crippen molar-refractivity contribution in [2.24, 2.45) is 0 Å². The molecule has 0 saturated heterocycles. The van der Waals surface area contributed by atoms with Crippen molar-refractivity contribution in [1.82, 2.24) is 0 Å². The number of halogens is 1. The monoisotopic (exact) mass is 272 g/mol. The number of hydrogen-bond donors (Lipinski definition) is 2. The van der Waals surface area contributed by atoms with Crippen LogP contribution in [-0.2, 0) is 10.0 Å². The first-order valence-electron chi connectivity index (χ1n) is 4.59. The Hall–Kier alpha value is -1.60. The Labute approximate surface area is 102 Å². The van der Waals surface area contributed by atoms with Crippen LogP contribution in [-0.4, -0.2) is 8.42 Å². The molecule has 1 heterocycles. The number of benzene rings is 1. The van der Waals surface area contributed by atoms with Crippen molar-refractivity contribution in [3.8, 4) is 0 Å². The molecule has 0 aliphatic heterocycles. The van der Waals surface area contributed by atoms with Gasteiger partial charge in [0.2, 0.25) is 0 Å². The summed E-state index contributed by atoms with van der Waals surface area (Å²) in [5, 5.41) is 3.33. The predicted molar refractivity (Wildman–Crippen MR) is 65.9 cm³/mol. The van der Waals surface area contributed by atoms with E-state index in [-0.39, 0.29) is 5.69 Å². The van der Waals surface area contributed by atoms with Gasteiger partial charge in [-0.05, 0) is 29.6 Å². The molecule has 90 valence electrons. The minimum absolute atomic E-state index is 0.192. The zero-order valence-electron chi connectivity index (χ0n) is 8.55. The Balaban J connectivity index is 2.41. The lowest BCUT2D eigenvalue weighted by Crippen LogP contribution is -2.14. The lowest BCUT2D eigenvalue weighted by Gasteiger charge is -2.07. The molecule has 0 saturated carbocycles. The molecular weight excluding hydrogens is 263 g/mol. The highest BCUT2D eigenvalue weighted by molar-refractivity contribution is 7.92. The van der Waals surface area contributed by atoms with Gasteiger partial charge in [0.25, 0.3) is 10.0 Å². The molecule has 0 amide bonds. The summed E-state index contributed by atoms with van der Waals surface area (Å²) in [6.07, 6.45) is 0. The first-order valence-corrected chi connectivity index (χ1v) is 7.02. The molecule has 7 heteroatoms. The summed E-state index contributed by atoms with van der Waals surface area (Å²) in [5.74, 6) is -0.832. The van der Waals surface area contributed by atoms with E-state index in [1.54, 1.807) is 16.8 Å². The molecule has 3 N–H and O–H groups in total. The van der Waals surface area contributed by atoms with E-state index in [0.717, 1.165) is 12.1 Å². The van der Waals surface area contributed by atoms with Gasteiger partial charge in [0.05, 0.1) is 5.69 Å². The summed E-state index contributed by atoms with van der Waals surface area (Å²) in [4.78, 5) is -0.455. The van der Waals surface area contributed by atoms with Crippen LogP contribution in [0.2, 0.25) is 0 Å². The fourth-order valence-electron chi connectivity index (χ4n) is 1.26. The molecule has 1 aromatic heterocycles. The van der Waals surface area contributed by atoms with Gasteiger partial charge in [0.1, 0.15) is 10.7 Å². The lowest BCUT2D eigenvalue weighted by molar-refractivity contribution is 0.570. The number of thiophene rings is 1. The quantitative estimate of drug-likeness (QED) is 0.842. The van der Waals surface area contributed by atoms with Crippen LogP contribution in [0.5, 0.6) is 0 Å². The third kappa shape index (κ3) is 2.56. The topological polar surface area (TPSA) is 72.2 Å². The van der Waals surface area contributed by atoms with Gasteiger partial charge in [0, 0.05) is 11.1 Å². The summed E-state index contributed by atoms with van der Waals surface area (Å²) in [7, 11) is -3.93. The van der Waals surface area contributed by atoms with Gasteiger partial charge in [-0.3, -0.25) is 4.72 Å². The van der Waals surface area contributed by atoms with Crippen LogP contribution in [0.1, 0.15) is 0 Å². The van der Waals surface area contributed by atoms with Crippen LogP contribution in [0.15, 0.2) is 39.9 Å². The third-order valence-corrected chi connectivity index (χ3v) is 4.10.